The minimum absolute atomic E-state index is 0.0700. The molecule has 3 rings (SSSR count). The summed E-state index contributed by atoms with van der Waals surface area (Å²) in [6.45, 7) is 3.01. The number of Topliss-reactive ketones (excluding diaryl/α,β-unsaturated/α-hetero) is 1. The number of anilines is 1. The Morgan fingerprint density at radius 1 is 1.38 bits per heavy atom. The van der Waals surface area contributed by atoms with E-state index in [4.69, 9.17) is 5.73 Å². The van der Waals surface area contributed by atoms with Gasteiger partial charge in [0.1, 0.15) is 0 Å². The first-order chi connectivity index (χ1) is 10.2. The third kappa shape index (κ3) is 2.44. The van der Waals surface area contributed by atoms with Crippen molar-refractivity contribution in [2.75, 3.05) is 5.73 Å². The highest BCUT2D eigenvalue weighted by atomic mass is 16.1. The van der Waals surface area contributed by atoms with Gasteiger partial charge in [-0.3, -0.25) is 4.79 Å². The van der Waals surface area contributed by atoms with Gasteiger partial charge in [-0.05, 0) is 18.9 Å². The van der Waals surface area contributed by atoms with Gasteiger partial charge in [-0.15, -0.1) is 0 Å². The molecule has 0 saturated heterocycles. The molecule has 2 heterocycles. The van der Waals surface area contributed by atoms with Crippen LogP contribution in [-0.4, -0.2) is 20.5 Å². The summed E-state index contributed by atoms with van der Waals surface area (Å²) < 4.78 is 1.89. The van der Waals surface area contributed by atoms with E-state index in [0.717, 1.165) is 30.4 Å². The Balaban J connectivity index is 2.10. The molecule has 21 heavy (non-hydrogen) atoms. The molecule has 0 saturated carbocycles. The van der Waals surface area contributed by atoms with Gasteiger partial charge in [0.15, 0.2) is 11.4 Å². The van der Waals surface area contributed by atoms with Gasteiger partial charge >= 0.3 is 0 Å². The zero-order valence-electron chi connectivity index (χ0n) is 12.3. The number of nitrogen functional groups attached to an aromatic ring is 1. The molecule has 110 valence electrons. The largest absolute Gasteiger partial charge is 0.397 e. The Morgan fingerprint density at radius 2 is 2.24 bits per heavy atom. The quantitative estimate of drug-likeness (QED) is 0.875. The Bertz CT molecular complexity index is 715. The fraction of sp³-hybridized carbons (Fsp3) is 0.438. The minimum Gasteiger partial charge on any atom is -0.397 e. The average molecular weight is 284 g/mol. The monoisotopic (exact) mass is 284 g/mol. The van der Waals surface area contributed by atoms with Crippen LogP contribution in [0.15, 0.2) is 12.3 Å². The maximum absolute atomic E-state index is 12.2. The highest BCUT2D eigenvalue weighted by molar-refractivity contribution is 6.09. The Kier molecular flexibility index (Phi) is 3.73. The van der Waals surface area contributed by atoms with Crippen LogP contribution >= 0.6 is 0 Å². The molecule has 2 aromatic rings. The lowest BCUT2D eigenvalue weighted by molar-refractivity contribution is 0.0985. The van der Waals surface area contributed by atoms with Gasteiger partial charge in [-0.2, -0.15) is 5.10 Å². The summed E-state index contributed by atoms with van der Waals surface area (Å²) in [5.41, 5.74) is 8.76. The van der Waals surface area contributed by atoms with Crippen molar-refractivity contribution in [2.24, 2.45) is 0 Å². The zero-order valence-corrected chi connectivity index (χ0v) is 12.3. The number of hydrogen-bond acceptors (Lipinski definition) is 4. The van der Waals surface area contributed by atoms with E-state index in [1.165, 1.54) is 12.8 Å². The molecular formula is C16H20N4O. The van der Waals surface area contributed by atoms with Gasteiger partial charge in [-0.1, -0.05) is 25.8 Å². The summed E-state index contributed by atoms with van der Waals surface area (Å²) in [4.78, 5) is 16.8. The summed E-state index contributed by atoms with van der Waals surface area (Å²) in [6, 6.07) is 0. The first-order valence-corrected chi connectivity index (χ1v) is 7.57. The molecule has 0 radical (unpaired) electrons. The van der Waals surface area contributed by atoms with Crippen LogP contribution in [0.4, 0.5) is 5.69 Å². The van der Waals surface area contributed by atoms with Crippen molar-refractivity contribution >= 4 is 28.6 Å². The van der Waals surface area contributed by atoms with E-state index >= 15 is 0 Å². The fourth-order valence-corrected chi connectivity index (χ4v) is 2.75. The van der Waals surface area contributed by atoms with E-state index in [9.17, 15) is 4.79 Å². The maximum Gasteiger partial charge on any atom is 0.167 e. The fourth-order valence-electron chi connectivity index (χ4n) is 2.75. The highest BCUT2D eigenvalue weighted by Crippen LogP contribution is 2.29. The molecule has 1 aliphatic rings. The molecule has 2 N–H and O–H groups in total. The molecule has 5 heteroatoms. The third-order valence-electron chi connectivity index (χ3n) is 3.92. The second-order valence-corrected chi connectivity index (χ2v) is 5.46. The minimum atomic E-state index is 0.0700. The molecule has 1 aliphatic carbocycles. The number of rotatable bonds is 4. The van der Waals surface area contributed by atoms with E-state index in [1.807, 2.05) is 16.8 Å². The number of nitrogens with two attached hydrogens (primary N) is 1. The smallest absolute Gasteiger partial charge is 0.167 e. The lowest BCUT2D eigenvalue weighted by atomic mass is 10.0. The van der Waals surface area contributed by atoms with Gasteiger partial charge in [-0.25, -0.2) is 9.67 Å². The molecule has 0 atom stereocenters. The van der Waals surface area contributed by atoms with Crippen molar-refractivity contribution in [3.8, 4) is 0 Å². The molecule has 0 aliphatic heterocycles. The van der Waals surface area contributed by atoms with Crippen molar-refractivity contribution in [1.82, 2.24) is 14.8 Å². The lowest BCUT2D eigenvalue weighted by Gasteiger charge is -2.09. The normalized spacial score (nSPS) is 14.4. The molecule has 0 amide bonds. The summed E-state index contributed by atoms with van der Waals surface area (Å²) in [5.74, 6) is 0.0700. The summed E-state index contributed by atoms with van der Waals surface area (Å²) >= 11 is 0. The van der Waals surface area contributed by atoms with Crippen LogP contribution in [0, 0.1) is 0 Å². The van der Waals surface area contributed by atoms with Crippen LogP contribution < -0.4 is 5.73 Å². The molecule has 2 aromatic heterocycles. The Morgan fingerprint density at radius 3 is 3.05 bits per heavy atom. The molecule has 0 unspecified atom stereocenters. The predicted molar refractivity (Wildman–Crippen MR) is 84.1 cm³/mol. The van der Waals surface area contributed by atoms with Gasteiger partial charge in [0.25, 0.3) is 0 Å². The van der Waals surface area contributed by atoms with Crippen molar-refractivity contribution in [2.45, 2.75) is 45.6 Å². The number of ketones is 1. The Hall–Kier alpha value is -2.17. The molecule has 0 fully saturated rings. The number of fused-ring (bicyclic) bond motifs is 2. The summed E-state index contributed by atoms with van der Waals surface area (Å²) in [5, 5.41) is 5.17. The summed E-state index contributed by atoms with van der Waals surface area (Å²) in [6.07, 6.45) is 10.3. The van der Waals surface area contributed by atoms with Crippen LogP contribution in [0.3, 0.4) is 0 Å². The standard InChI is InChI=1S/C16H20N4O/c1-2-3-6-9-20-16-11(10-18-20)15(17)14-12(19-16)7-4-5-8-13(14)21/h4,7,10H,2-3,5-6,8-9H2,1H3,(H2,17,19). The predicted octanol–water partition coefficient (Wildman–Crippen LogP) is 3.19. The van der Waals surface area contributed by atoms with E-state index in [1.54, 1.807) is 6.20 Å². The Labute approximate surface area is 123 Å². The number of aromatic nitrogens is 3. The van der Waals surface area contributed by atoms with E-state index < -0.39 is 0 Å². The number of unbranched alkanes of at least 4 members (excludes halogenated alkanes) is 2. The van der Waals surface area contributed by atoms with Crippen LogP contribution in [0.5, 0.6) is 0 Å². The number of carbonyl (C=O) groups excluding carboxylic acids is 1. The van der Waals surface area contributed by atoms with E-state index in [0.29, 0.717) is 23.4 Å². The molecule has 0 spiro atoms. The zero-order chi connectivity index (χ0) is 14.8. The molecular weight excluding hydrogens is 264 g/mol. The van der Waals surface area contributed by atoms with Crippen LogP contribution in [0.1, 0.15) is 55.1 Å². The first kappa shape index (κ1) is 13.8. The third-order valence-corrected chi connectivity index (χ3v) is 3.92. The topological polar surface area (TPSA) is 73.8 Å². The molecule has 0 aromatic carbocycles. The number of carbonyl (C=O) groups is 1. The van der Waals surface area contributed by atoms with Crippen molar-refractivity contribution in [3.05, 3.63) is 23.5 Å². The van der Waals surface area contributed by atoms with Crippen LogP contribution in [0.2, 0.25) is 0 Å². The number of hydrogen-bond donors (Lipinski definition) is 1. The number of nitrogens with zero attached hydrogens (tertiary/aromatic N) is 3. The lowest BCUT2D eigenvalue weighted by Crippen LogP contribution is -2.08. The maximum atomic E-state index is 12.2. The van der Waals surface area contributed by atoms with Crippen molar-refractivity contribution in [1.29, 1.82) is 0 Å². The van der Waals surface area contributed by atoms with Crippen molar-refractivity contribution in [3.63, 3.8) is 0 Å². The van der Waals surface area contributed by atoms with Gasteiger partial charge in [0.2, 0.25) is 0 Å². The van der Waals surface area contributed by atoms with Gasteiger partial charge in [0, 0.05) is 13.0 Å². The molecule has 0 bridgehead atoms. The first-order valence-electron chi connectivity index (χ1n) is 7.57. The second kappa shape index (κ2) is 5.68. The van der Waals surface area contributed by atoms with Crippen molar-refractivity contribution < 1.29 is 4.79 Å². The number of allylic oxidation sites excluding steroid dienone is 1. The molecule has 5 nitrogen and oxygen atoms in total. The average Bonchev–Trinajstić information content (AvgIpc) is 2.77. The van der Waals surface area contributed by atoms with Crippen LogP contribution in [-0.2, 0) is 6.54 Å². The summed E-state index contributed by atoms with van der Waals surface area (Å²) in [7, 11) is 0. The SMILES string of the molecule is CCCCCn1ncc2c(N)c3c(nc21)C=CCCC3=O. The van der Waals surface area contributed by atoms with Gasteiger partial charge in [0.05, 0.1) is 28.5 Å². The second-order valence-electron chi connectivity index (χ2n) is 5.46. The van der Waals surface area contributed by atoms with Crippen LogP contribution in [0.25, 0.3) is 17.1 Å². The number of aryl methyl sites for hydroxylation is 1. The van der Waals surface area contributed by atoms with Gasteiger partial charge < -0.3 is 5.73 Å². The van der Waals surface area contributed by atoms with E-state index in [2.05, 4.69) is 17.0 Å². The number of pyridine rings is 1. The highest BCUT2D eigenvalue weighted by Gasteiger charge is 2.21. The van der Waals surface area contributed by atoms with E-state index in [-0.39, 0.29) is 5.78 Å².